The third kappa shape index (κ3) is 3.24. The zero-order valence-corrected chi connectivity index (χ0v) is 15.3. The van der Waals surface area contributed by atoms with Crippen molar-refractivity contribution in [3.63, 3.8) is 0 Å². The second kappa shape index (κ2) is 7.07. The van der Waals surface area contributed by atoms with Gasteiger partial charge in [0.25, 0.3) is 5.91 Å². The van der Waals surface area contributed by atoms with Crippen molar-refractivity contribution < 1.29 is 14.0 Å². The zero-order valence-electron chi connectivity index (χ0n) is 15.3. The summed E-state index contributed by atoms with van der Waals surface area (Å²) in [5, 5.41) is 8.96. The van der Waals surface area contributed by atoms with Crippen LogP contribution >= 0.6 is 0 Å². The summed E-state index contributed by atoms with van der Waals surface area (Å²) in [4.78, 5) is 24.8. The van der Waals surface area contributed by atoms with E-state index in [0.29, 0.717) is 5.69 Å². The molecule has 4 rings (SSSR count). The van der Waals surface area contributed by atoms with Crippen molar-refractivity contribution in [1.29, 1.82) is 0 Å². The van der Waals surface area contributed by atoms with E-state index in [1.54, 1.807) is 12.1 Å². The molecule has 3 N–H and O–H groups in total. The Kier molecular flexibility index (Phi) is 4.58. The molecule has 0 unspecified atom stereocenters. The first-order valence-corrected chi connectivity index (χ1v) is 9.28. The van der Waals surface area contributed by atoms with Crippen LogP contribution in [0.1, 0.15) is 31.2 Å². The van der Waals surface area contributed by atoms with E-state index < -0.39 is 17.5 Å². The number of rotatable bonds is 5. The number of halogens is 1. The standard InChI is InChI=1S/C21H21FN4O2/c22-15-9-7-14(8-10-15)21(11-4-12-21)24-20(28)17-13-18(19(23)27)26(25-17)16-5-2-1-3-6-16/h1-3,5-10,18H,4,11-13H2,(H2,23,27)(H,24,28)/t18-/m0/s1. The average molecular weight is 380 g/mol. The largest absolute Gasteiger partial charge is 0.368 e. The first kappa shape index (κ1) is 18.2. The lowest BCUT2D eigenvalue weighted by atomic mass is 9.71. The van der Waals surface area contributed by atoms with Crippen molar-refractivity contribution in [2.24, 2.45) is 10.8 Å². The molecule has 7 heteroatoms. The average Bonchev–Trinajstić information content (AvgIpc) is 3.12. The van der Waals surface area contributed by atoms with Crippen molar-refractivity contribution in [3.8, 4) is 0 Å². The maximum absolute atomic E-state index is 13.3. The lowest BCUT2D eigenvalue weighted by Crippen LogP contribution is -2.52. The number of nitrogens with two attached hydrogens (primary N) is 1. The van der Waals surface area contributed by atoms with Crippen LogP contribution < -0.4 is 16.1 Å². The zero-order chi connectivity index (χ0) is 19.7. The number of carbonyl (C=O) groups excluding carboxylic acids is 2. The summed E-state index contributed by atoms with van der Waals surface area (Å²) < 4.78 is 13.3. The fraction of sp³-hybridized carbons (Fsp3) is 0.286. The molecule has 0 aromatic heterocycles. The number of nitrogens with zero attached hydrogens (tertiary/aromatic N) is 2. The van der Waals surface area contributed by atoms with Gasteiger partial charge in [-0.2, -0.15) is 5.10 Å². The molecule has 0 radical (unpaired) electrons. The lowest BCUT2D eigenvalue weighted by Gasteiger charge is -2.43. The van der Waals surface area contributed by atoms with Crippen LogP contribution in [0.2, 0.25) is 0 Å². The van der Waals surface area contributed by atoms with Gasteiger partial charge in [-0.25, -0.2) is 4.39 Å². The van der Waals surface area contributed by atoms with E-state index in [2.05, 4.69) is 10.4 Å². The lowest BCUT2D eigenvalue weighted by molar-refractivity contribution is -0.119. The second-order valence-electron chi connectivity index (χ2n) is 7.25. The van der Waals surface area contributed by atoms with Gasteiger partial charge in [-0.05, 0) is 49.1 Å². The molecule has 28 heavy (non-hydrogen) atoms. The molecular weight excluding hydrogens is 359 g/mol. The number of hydrogen-bond acceptors (Lipinski definition) is 4. The van der Waals surface area contributed by atoms with Gasteiger partial charge in [0.15, 0.2) is 0 Å². The molecule has 1 atom stereocenters. The van der Waals surface area contributed by atoms with E-state index in [1.165, 1.54) is 17.1 Å². The maximum Gasteiger partial charge on any atom is 0.268 e. The fourth-order valence-corrected chi connectivity index (χ4v) is 3.76. The third-order valence-corrected chi connectivity index (χ3v) is 5.48. The number of amides is 2. The molecule has 1 aliphatic heterocycles. The quantitative estimate of drug-likeness (QED) is 0.835. The predicted molar refractivity (Wildman–Crippen MR) is 104 cm³/mol. The fourth-order valence-electron chi connectivity index (χ4n) is 3.76. The van der Waals surface area contributed by atoms with E-state index in [4.69, 9.17) is 5.73 Å². The number of carbonyl (C=O) groups is 2. The smallest absolute Gasteiger partial charge is 0.268 e. The molecule has 1 aliphatic carbocycles. The Labute approximate surface area is 162 Å². The molecule has 2 amide bonds. The van der Waals surface area contributed by atoms with E-state index in [-0.39, 0.29) is 23.9 Å². The molecule has 2 aromatic rings. The van der Waals surface area contributed by atoms with E-state index in [1.807, 2.05) is 30.3 Å². The van der Waals surface area contributed by atoms with Gasteiger partial charge in [0.05, 0.1) is 11.2 Å². The molecule has 2 aliphatic rings. The number of primary amides is 1. The summed E-state index contributed by atoms with van der Waals surface area (Å²) in [6, 6.07) is 14.6. The van der Waals surface area contributed by atoms with Crippen LogP contribution in [-0.2, 0) is 15.1 Å². The topological polar surface area (TPSA) is 87.8 Å². The summed E-state index contributed by atoms with van der Waals surface area (Å²) >= 11 is 0. The van der Waals surface area contributed by atoms with Crippen LogP contribution in [0.25, 0.3) is 0 Å². The highest BCUT2D eigenvalue weighted by molar-refractivity contribution is 6.40. The van der Waals surface area contributed by atoms with Crippen molar-refractivity contribution in [1.82, 2.24) is 5.32 Å². The molecule has 0 spiro atoms. The number of nitrogens with one attached hydrogen (secondary N) is 1. The van der Waals surface area contributed by atoms with E-state index in [0.717, 1.165) is 24.8 Å². The maximum atomic E-state index is 13.3. The van der Waals surface area contributed by atoms with E-state index >= 15 is 0 Å². The van der Waals surface area contributed by atoms with Gasteiger partial charge in [0.1, 0.15) is 17.6 Å². The first-order chi connectivity index (χ1) is 13.5. The number of anilines is 1. The predicted octanol–water partition coefficient (Wildman–Crippen LogP) is 2.44. The van der Waals surface area contributed by atoms with E-state index in [9.17, 15) is 14.0 Å². The van der Waals surface area contributed by atoms with Crippen LogP contribution in [0.3, 0.4) is 0 Å². The molecule has 6 nitrogen and oxygen atoms in total. The summed E-state index contributed by atoms with van der Waals surface area (Å²) in [6.07, 6.45) is 2.68. The normalized spacial score (nSPS) is 20.2. The van der Waals surface area contributed by atoms with Crippen LogP contribution in [0.4, 0.5) is 10.1 Å². The number of benzene rings is 2. The molecule has 1 saturated carbocycles. The minimum Gasteiger partial charge on any atom is -0.368 e. The molecule has 1 fully saturated rings. The van der Waals surface area contributed by atoms with Gasteiger partial charge in [0, 0.05) is 6.42 Å². The van der Waals surface area contributed by atoms with Crippen LogP contribution in [0.5, 0.6) is 0 Å². The Balaban J connectivity index is 1.57. The summed E-state index contributed by atoms with van der Waals surface area (Å²) in [7, 11) is 0. The Morgan fingerprint density at radius 3 is 2.36 bits per heavy atom. The molecule has 144 valence electrons. The van der Waals surface area contributed by atoms with Gasteiger partial charge >= 0.3 is 0 Å². The minimum absolute atomic E-state index is 0.148. The Morgan fingerprint density at radius 2 is 1.79 bits per heavy atom. The minimum atomic E-state index is -0.702. The van der Waals surface area contributed by atoms with Gasteiger partial charge in [-0.3, -0.25) is 14.6 Å². The Bertz CT molecular complexity index is 923. The van der Waals surface area contributed by atoms with Crippen LogP contribution in [0.15, 0.2) is 59.7 Å². The number of hydrogen-bond donors (Lipinski definition) is 2. The molecule has 1 heterocycles. The Morgan fingerprint density at radius 1 is 1.11 bits per heavy atom. The Hall–Kier alpha value is -3.22. The SMILES string of the molecule is NC(=O)[C@@H]1CC(C(=O)NC2(c3ccc(F)cc3)CCC2)=NN1c1ccccc1. The van der Waals surface area contributed by atoms with Crippen molar-refractivity contribution in [3.05, 3.63) is 66.0 Å². The summed E-state index contributed by atoms with van der Waals surface area (Å²) in [5.74, 6) is -1.17. The number of hydrazone groups is 1. The first-order valence-electron chi connectivity index (χ1n) is 9.28. The monoisotopic (exact) mass is 380 g/mol. The van der Waals surface area contributed by atoms with Gasteiger partial charge in [0.2, 0.25) is 5.91 Å². The van der Waals surface area contributed by atoms with Crippen LogP contribution in [0, 0.1) is 5.82 Å². The molecule has 0 saturated heterocycles. The van der Waals surface area contributed by atoms with Crippen LogP contribution in [-0.4, -0.2) is 23.6 Å². The highest BCUT2D eigenvalue weighted by Gasteiger charge is 2.42. The van der Waals surface area contributed by atoms with Crippen molar-refractivity contribution >= 4 is 23.2 Å². The highest BCUT2D eigenvalue weighted by Crippen LogP contribution is 2.41. The third-order valence-electron chi connectivity index (χ3n) is 5.48. The van der Waals surface area contributed by atoms with Gasteiger partial charge < -0.3 is 11.1 Å². The molecule has 2 aromatic carbocycles. The van der Waals surface area contributed by atoms with Crippen molar-refractivity contribution in [2.75, 3.05) is 5.01 Å². The number of para-hydroxylation sites is 1. The second-order valence-corrected chi connectivity index (χ2v) is 7.25. The highest BCUT2D eigenvalue weighted by atomic mass is 19.1. The molecular formula is C21H21FN4O2. The van der Waals surface area contributed by atoms with Gasteiger partial charge in [-0.15, -0.1) is 0 Å². The van der Waals surface area contributed by atoms with Crippen molar-refractivity contribution in [2.45, 2.75) is 37.3 Å². The molecule has 0 bridgehead atoms. The summed E-state index contributed by atoms with van der Waals surface area (Å²) in [6.45, 7) is 0. The van der Waals surface area contributed by atoms with Gasteiger partial charge in [-0.1, -0.05) is 30.3 Å². The summed E-state index contributed by atoms with van der Waals surface area (Å²) in [5.41, 5.74) is 6.86.